The minimum atomic E-state index is 0.841. The lowest BCUT2D eigenvalue weighted by molar-refractivity contribution is 0.400. The van der Waals surface area contributed by atoms with E-state index in [4.69, 9.17) is 0 Å². The van der Waals surface area contributed by atoms with E-state index in [0.717, 1.165) is 5.92 Å². The van der Waals surface area contributed by atoms with Crippen LogP contribution in [0.3, 0.4) is 0 Å². The first kappa shape index (κ1) is 25.0. The standard InChI is InChI=1S/C30H47/c1-3-5-7-9-11-12-14-16-20-27(19-15-13-10-8-6-4-2)25-28-23-24-29-21-17-18-22-30(29)26-28/h17-18,21-24,27H,3-16,19-20,25H2,1-2H3. The Morgan fingerprint density at radius 3 is 1.73 bits per heavy atom. The van der Waals surface area contributed by atoms with E-state index in [1.54, 1.807) is 0 Å². The molecule has 0 bridgehead atoms. The van der Waals surface area contributed by atoms with Gasteiger partial charge in [-0.05, 0) is 34.7 Å². The molecule has 1 atom stereocenters. The third-order valence-corrected chi connectivity index (χ3v) is 6.66. The molecule has 0 fully saturated rings. The molecule has 2 aromatic carbocycles. The maximum absolute atomic E-state index is 3.71. The van der Waals surface area contributed by atoms with E-state index in [1.807, 2.05) is 0 Å². The first-order valence-electron chi connectivity index (χ1n) is 13.2. The fourth-order valence-electron chi connectivity index (χ4n) is 4.72. The molecular formula is C30H47. The molecular weight excluding hydrogens is 360 g/mol. The van der Waals surface area contributed by atoms with Crippen molar-refractivity contribution in [3.63, 3.8) is 0 Å². The summed E-state index contributed by atoms with van der Waals surface area (Å²) in [6.07, 6.45) is 23.9. The molecule has 0 amide bonds. The Morgan fingerprint density at radius 1 is 0.600 bits per heavy atom. The maximum atomic E-state index is 3.71. The van der Waals surface area contributed by atoms with Crippen molar-refractivity contribution in [2.45, 2.75) is 123 Å². The van der Waals surface area contributed by atoms with Gasteiger partial charge < -0.3 is 0 Å². The third kappa shape index (κ3) is 10.6. The summed E-state index contributed by atoms with van der Waals surface area (Å²) in [4.78, 5) is 0. The van der Waals surface area contributed by atoms with Gasteiger partial charge in [0.25, 0.3) is 0 Å². The van der Waals surface area contributed by atoms with E-state index in [1.165, 1.54) is 125 Å². The Labute approximate surface area is 187 Å². The van der Waals surface area contributed by atoms with E-state index in [-0.39, 0.29) is 0 Å². The predicted molar refractivity (Wildman–Crippen MR) is 135 cm³/mol. The van der Waals surface area contributed by atoms with E-state index in [0.29, 0.717) is 0 Å². The van der Waals surface area contributed by atoms with Crippen molar-refractivity contribution in [3.8, 4) is 0 Å². The summed E-state index contributed by atoms with van der Waals surface area (Å²) < 4.78 is 0. The number of hydrogen-bond donors (Lipinski definition) is 0. The van der Waals surface area contributed by atoms with E-state index in [2.05, 4.69) is 56.3 Å². The molecule has 1 radical (unpaired) electrons. The van der Waals surface area contributed by atoms with Crippen molar-refractivity contribution in [2.75, 3.05) is 0 Å². The second-order valence-corrected chi connectivity index (χ2v) is 9.46. The molecule has 167 valence electrons. The fraction of sp³-hybridized carbons (Fsp3) is 0.667. The Bertz CT molecular complexity index is 656. The van der Waals surface area contributed by atoms with Crippen molar-refractivity contribution in [3.05, 3.63) is 48.0 Å². The Hall–Kier alpha value is -1.30. The van der Waals surface area contributed by atoms with Gasteiger partial charge in [0.2, 0.25) is 0 Å². The smallest absolute Gasteiger partial charge is 0.00642 e. The van der Waals surface area contributed by atoms with Crippen LogP contribution in [0.5, 0.6) is 0 Å². The fourth-order valence-corrected chi connectivity index (χ4v) is 4.72. The first-order chi connectivity index (χ1) is 14.8. The van der Waals surface area contributed by atoms with Crippen LogP contribution in [0.15, 0.2) is 36.4 Å². The van der Waals surface area contributed by atoms with Crippen molar-refractivity contribution in [2.24, 2.45) is 5.92 Å². The summed E-state index contributed by atoms with van der Waals surface area (Å²) in [5, 5.41) is 2.59. The molecule has 30 heavy (non-hydrogen) atoms. The van der Waals surface area contributed by atoms with Crippen LogP contribution in [0, 0.1) is 12.0 Å². The maximum Gasteiger partial charge on any atom is -0.00642 e. The Balaban J connectivity index is 1.77. The zero-order chi connectivity index (χ0) is 21.3. The summed E-state index contributed by atoms with van der Waals surface area (Å²) in [7, 11) is 0. The van der Waals surface area contributed by atoms with E-state index >= 15 is 0 Å². The molecule has 2 rings (SSSR count). The largest absolute Gasteiger partial charge is 0.0654 e. The van der Waals surface area contributed by atoms with Crippen molar-refractivity contribution in [1.82, 2.24) is 0 Å². The summed E-state index contributed by atoms with van der Waals surface area (Å²) >= 11 is 0. The molecule has 0 saturated carbocycles. The molecule has 0 aliphatic heterocycles. The number of fused-ring (bicyclic) bond motifs is 1. The van der Waals surface area contributed by atoms with Crippen LogP contribution in [-0.4, -0.2) is 0 Å². The zero-order valence-corrected chi connectivity index (χ0v) is 20.1. The molecule has 0 spiro atoms. The molecule has 1 unspecified atom stereocenters. The van der Waals surface area contributed by atoms with Gasteiger partial charge >= 0.3 is 0 Å². The second-order valence-electron chi connectivity index (χ2n) is 9.46. The SMILES string of the molecule is CCCCCCCCCCC(CCCCCCCC)Cc1[c]c2ccccc2cc1. The van der Waals surface area contributed by atoms with Gasteiger partial charge in [-0.25, -0.2) is 0 Å². The summed E-state index contributed by atoms with van der Waals surface area (Å²) in [5.41, 5.74) is 1.42. The topological polar surface area (TPSA) is 0 Å². The van der Waals surface area contributed by atoms with Crippen molar-refractivity contribution in [1.29, 1.82) is 0 Å². The number of hydrogen-bond acceptors (Lipinski definition) is 0. The van der Waals surface area contributed by atoms with Gasteiger partial charge in [0.05, 0.1) is 0 Å². The predicted octanol–water partition coefficient (Wildman–Crippen LogP) is 10.1. The average Bonchev–Trinajstić information content (AvgIpc) is 2.77. The lowest BCUT2D eigenvalue weighted by Gasteiger charge is -2.17. The van der Waals surface area contributed by atoms with Gasteiger partial charge in [0, 0.05) is 0 Å². The molecule has 0 saturated heterocycles. The lowest BCUT2D eigenvalue weighted by Crippen LogP contribution is -2.05. The van der Waals surface area contributed by atoms with Crippen LogP contribution in [0.2, 0.25) is 0 Å². The molecule has 0 aliphatic rings. The van der Waals surface area contributed by atoms with Crippen molar-refractivity contribution >= 4 is 10.8 Å². The van der Waals surface area contributed by atoms with Crippen LogP contribution in [-0.2, 0) is 6.42 Å². The number of benzene rings is 2. The van der Waals surface area contributed by atoms with Crippen LogP contribution in [0.4, 0.5) is 0 Å². The van der Waals surface area contributed by atoms with Gasteiger partial charge in [0.15, 0.2) is 0 Å². The molecule has 0 nitrogen and oxygen atoms in total. The molecule has 0 heteroatoms. The quantitative estimate of drug-likeness (QED) is 0.216. The monoisotopic (exact) mass is 407 g/mol. The normalized spacial score (nSPS) is 12.5. The van der Waals surface area contributed by atoms with Crippen molar-refractivity contribution < 1.29 is 0 Å². The lowest BCUT2D eigenvalue weighted by atomic mass is 9.88. The highest BCUT2D eigenvalue weighted by molar-refractivity contribution is 5.82. The first-order valence-corrected chi connectivity index (χ1v) is 13.2. The van der Waals surface area contributed by atoms with Gasteiger partial charge in [-0.1, -0.05) is 153 Å². The Kier molecular flexibility index (Phi) is 13.6. The van der Waals surface area contributed by atoms with Gasteiger partial charge in [0.1, 0.15) is 0 Å². The third-order valence-electron chi connectivity index (χ3n) is 6.66. The molecule has 0 N–H and O–H groups in total. The number of rotatable bonds is 18. The summed E-state index contributed by atoms with van der Waals surface area (Å²) in [6.45, 7) is 4.61. The highest BCUT2D eigenvalue weighted by Crippen LogP contribution is 2.25. The van der Waals surface area contributed by atoms with Gasteiger partial charge in [-0.2, -0.15) is 0 Å². The summed E-state index contributed by atoms with van der Waals surface area (Å²) in [5.74, 6) is 0.841. The zero-order valence-electron chi connectivity index (χ0n) is 20.1. The minimum absolute atomic E-state index is 0.841. The molecule has 0 aromatic heterocycles. The van der Waals surface area contributed by atoms with Gasteiger partial charge in [-0.15, -0.1) is 0 Å². The highest BCUT2D eigenvalue weighted by Gasteiger charge is 2.11. The second kappa shape index (κ2) is 16.4. The molecule has 2 aromatic rings. The van der Waals surface area contributed by atoms with E-state index < -0.39 is 0 Å². The van der Waals surface area contributed by atoms with Crippen LogP contribution >= 0.6 is 0 Å². The van der Waals surface area contributed by atoms with Gasteiger partial charge in [-0.3, -0.25) is 0 Å². The Morgan fingerprint density at radius 2 is 1.13 bits per heavy atom. The number of unbranched alkanes of at least 4 members (excludes halogenated alkanes) is 12. The molecule has 0 aliphatic carbocycles. The van der Waals surface area contributed by atoms with Crippen LogP contribution in [0.25, 0.3) is 10.8 Å². The van der Waals surface area contributed by atoms with E-state index in [9.17, 15) is 0 Å². The van der Waals surface area contributed by atoms with Crippen LogP contribution < -0.4 is 0 Å². The average molecular weight is 408 g/mol. The highest BCUT2D eigenvalue weighted by atomic mass is 14.2. The molecule has 0 heterocycles. The summed E-state index contributed by atoms with van der Waals surface area (Å²) in [6, 6.07) is 17.0. The minimum Gasteiger partial charge on any atom is -0.0654 e. The van der Waals surface area contributed by atoms with Crippen LogP contribution in [0.1, 0.15) is 122 Å².